The van der Waals surface area contributed by atoms with E-state index in [0.717, 1.165) is 16.7 Å². The molecule has 0 aliphatic rings. The van der Waals surface area contributed by atoms with Gasteiger partial charge in [0, 0.05) is 37.9 Å². The van der Waals surface area contributed by atoms with Crippen LogP contribution in [0.3, 0.4) is 0 Å². The van der Waals surface area contributed by atoms with Crippen LogP contribution in [0.1, 0.15) is 49.1 Å². The molecule has 0 spiro atoms. The van der Waals surface area contributed by atoms with Crippen LogP contribution in [-0.4, -0.2) is 25.5 Å². The predicted octanol–water partition coefficient (Wildman–Crippen LogP) is 7.16. The Morgan fingerprint density at radius 2 is 1.58 bits per heavy atom. The van der Waals surface area contributed by atoms with Gasteiger partial charge in [-0.3, -0.25) is 4.79 Å². The van der Waals surface area contributed by atoms with Crippen LogP contribution in [0.15, 0.2) is 91.2 Å². The molecule has 0 amide bonds. The average molecular weight is 556 g/mol. The first-order valence-corrected chi connectivity index (χ1v) is 11.8. The highest BCUT2D eigenvalue weighted by atomic mass is 79.9. The lowest BCUT2D eigenvalue weighted by Gasteiger charge is -1.96. The third-order valence-electron chi connectivity index (χ3n) is 4.68. The van der Waals surface area contributed by atoms with Crippen molar-refractivity contribution in [3.63, 3.8) is 0 Å². The van der Waals surface area contributed by atoms with Gasteiger partial charge in [-0.2, -0.15) is 0 Å². The number of pyridine rings is 2. The molecule has 184 valence electrons. The fourth-order valence-corrected chi connectivity index (χ4v) is 3.12. The Morgan fingerprint density at radius 1 is 0.944 bits per heavy atom. The lowest BCUT2D eigenvalue weighted by Crippen LogP contribution is -1.98. The number of rotatable bonds is 3. The molecule has 5 rings (SSSR count). The minimum atomic E-state index is -2.62. The second-order valence-electron chi connectivity index (χ2n) is 7.58. The minimum Gasteiger partial charge on any atom is -0.384 e. The van der Waals surface area contributed by atoms with Crippen molar-refractivity contribution >= 4 is 33.2 Å². The smallest absolute Gasteiger partial charge is 0.173 e. The lowest BCUT2D eigenvalue weighted by molar-refractivity contribution is 0.102. The van der Waals surface area contributed by atoms with E-state index in [0.29, 0.717) is 11.0 Å². The van der Waals surface area contributed by atoms with Crippen LogP contribution >= 0.6 is 15.9 Å². The molecular weight excluding hydrogens is 512 g/mol. The van der Waals surface area contributed by atoms with Gasteiger partial charge in [0.1, 0.15) is 11.5 Å². The van der Waals surface area contributed by atoms with Gasteiger partial charge in [0.25, 0.3) is 0 Å². The maximum Gasteiger partial charge on any atom is 0.173 e. The molecule has 0 saturated heterocycles. The van der Waals surface area contributed by atoms with Crippen LogP contribution in [0.25, 0.3) is 16.9 Å². The predicted molar refractivity (Wildman–Crippen MR) is 153 cm³/mol. The summed E-state index contributed by atoms with van der Waals surface area (Å²) < 4.78 is 90.8. The third-order valence-corrected chi connectivity index (χ3v) is 5.19. The monoisotopic (exact) mass is 554 g/mol. The van der Waals surface area contributed by atoms with Gasteiger partial charge in [0.2, 0.25) is 0 Å². The number of halogens is 1. The highest BCUT2D eigenvalue weighted by molar-refractivity contribution is 9.09. The van der Waals surface area contributed by atoms with Crippen molar-refractivity contribution in [3.05, 3.63) is 119 Å². The summed E-state index contributed by atoms with van der Waals surface area (Å²) in [5.41, 5.74) is 8.75. The molecule has 0 saturated carbocycles. The SMILES string of the molecule is Cc1ccc(C(=O)CBr)cc1.[2H]c1c(C([2H])([2H])[2H])c([2H])n2cc(-c3ccc(C)cc3)nc2c1[2H].[2H]c1nc(N)c([2H])c([2H])c1C([2H])([2H])[2H]. The normalized spacial score (nSPS) is 15.6. The Hall–Kier alpha value is -3.77. The number of aryl methyl sites for hydroxylation is 2. The number of nitrogen functional groups attached to an aromatic ring is 1. The standard InChI is InChI=1S/C15H14N2.C9H9BrO.C6H8N2/c1-11-3-6-13(7-4-11)14-10-17-9-12(2)5-8-15(17)16-14;1-7-2-4-8(5-3-7)9(11)6-10;1-5-2-3-6(7)8-4-5/h3-10H,1-2H3;2-5H,6H2,1H3;2-4H,1H3,(H2,7,8)/i2D3,5D,8D,9D;;1D3,2D,3D,4D. The zero-order valence-corrected chi connectivity index (χ0v) is 21.2. The Kier molecular flexibility index (Phi) is 5.23. The van der Waals surface area contributed by atoms with Crippen molar-refractivity contribution in [1.29, 1.82) is 0 Å². The van der Waals surface area contributed by atoms with Gasteiger partial charge in [0.05, 0.1) is 19.2 Å². The van der Waals surface area contributed by atoms with Crippen molar-refractivity contribution in [2.24, 2.45) is 0 Å². The highest BCUT2D eigenvalue weighted by Gasteiger charge is 2.04. The summed E-state index contributed by atoms with van der Waals surface area (Å²) in [6.45, 7) is -1.26. The van der Waals surface area contributed by atoms with E-state index in [1.54, 1.807) is 0 Å². The Labute approximate surface area is 238 Å². The first-order valence-electron chi connectivity index (χ1n) is 16.6. The summed E-state index contributed by atoms with van der Waals surface area (Å²) in [6, 6.07) is 13.4. The Morgan fingerprint density at radius 3 is 2.22 bits per heavy atom. The summed E-state index contributed by atoms with van der Waals surface area (Å²) in [7, 11) is 0. The maximum absolute atomic E-state index is 11.1. The number of hydrogen-bond acceptors (Lipinski definition) is 4. The molecule has 0 fully saturated rings. The van der Waals surface area contributed by atoms with Crippen molar-refractivity contribution in [2.45, 2.75) is 27.6 Å². The van der Waals surface area contributed by atoms with E-state index in [4.69, 9.17) is 22.2 Å². The van der Waals surface area contributed by atoms with Gasteiger partial charge < -0.3 is 10.1 Å². The largest absolute Gasteiger partial charge is 0.384 e. The van der Waals surface area contributed by atoms with E-state index in [1.165, 1.54) is 16.2 Å². The minimum absolute atomic E-state index is 0.114. The van der Waals surface area contributed by atoms with Gasteiger partial charge in [-0.1, -0.05) is 87.7 Å². The highest BCUT2D eigenvalue weighted by Crippen LogP contribution is 2.19. The molecule has 0 radical (unpaired) electrons. The van der Waals surface area contributed by atoms with Gasteiger partial charge in [-0.25, -0.2) is 9.97 Å². The van der Waals surface area contributed by atoms with Gasteiger partial charge >= 0.3 is 0 Å². The molecule has 36 heavy (non-hydrogen) atoms. The lowest BCUT2D eigenvalue weighted by atomic mass is 10.1. The first-order chi connectivity index (χ1) is 22.2. The van der Waals surface area contributed by atoms with Gasteiger partial charge in [-0.15, -0.1) is 0 Å². The number of carbonyl (C=O) groups is 1. The maximum atomic E-state index is 11.1. The molecule has 5 nitrogen and oxygen atoms in total. The first kappa shape index (κ1) is 14.7. The second-order valence-corrected chi connectivity index (χ2v) is 8.14. The van der Waals surface area contributed by atoms with E-state index in [1.807, 2.05) is 62.4 Å². The topological polar surface area (TPSA) is 73.3 Å². The van der Waals surface area contributed by atoms with E-state index in [-0.39, 0.29) is 29.5 Å². The number of imidazole rings is 1. The molecule has 2 aromatic carbocycles. The van der Waals surface area contributed by atoms with Crippen molar-refractivity contribution in [3.8, 4) is 11.3 Å². The number of nitrogens with two attached hydrogens (primary N) is 1. The number of anilines is 1. The van der Waals surface area contributed by atoms with E-state index < -0.39 is 49.1 Å². The number of carbonyl (C=O) groups excluding carboxylic acids is 1. The average Bonchev–Trinajstić information content (AvgIpc) is 3.45. The number of ketones is 1. The molecule has 0 atom stereocenters. The Balaban J connectivity index is 0.000000214. The third kappa shape index (κ3) is 7.89. The fourth-order valence-electron chi connectivity index (χ4n) is 2.80. The molecule has 6 heteroatoms. The second kappa shape index (κ2) is 12.8. The van der Waals surface area contributed by atoms with E-state index in [9.17, 15) is 4.79 Å². The van der Waals surface area contributed by atoms with Crippen LogP contribution < -0.4 is 5.73 Å². The van der Waals surface area contributed by atoms with Crippen LogP contribution in [0.2, 0.25) is 0 Å². The number of alkyl halides is 1. The van der Waals surface area contributed by atoms with E-state index in [2.05, 4.69) is 25.9 Å². The van der Waals surface area contributed by atoms with Crippen LogP contribution in [0.5, 0.6) is 0 Å². The van der Waals surface area contributed by atoms with Crippen LogP contribution in [0, 0.1) is 27.6 Å². The van der Waals surface area contributed by atoms with Gasteiger partial charge in [-0.05, 0) is 50.8 Å². The molecule has 3 aromatic heterocycles. The van der Waals surface area contributed by atoms with E-state index >= 15 is 0 Å². The summed E-state index contributed by atoms with van der Waals surface area (Å²) in [5.74, 6) is -0.169. The Bertz CT molecular complexity index is 1940. The summed E-state index contributed by atoms with van der Waals surface area (Å²) in [4.78, 5) is 18.8. The molecule has 0 unspecified atom stereocenters. The number of fused-ring (bicyclic) bond motifs is 1. The summed E-state index contributed by atoms with van der Waals surface area (Å²) in [6.07, 6.45) is 0.644. The molecule has 3 heterocycles. The van der Waals surface area contributed by atoms with Crippen molar-refractivity contribution in [1.82, 2.24) is 14.4 Å². The number of nitrogens with zero attached hydrogens (tertiary/aromatic N) is 3. The molecule has 0 aliphatic heterocycles. The van der Waals surface area contributed by atoms with Crippen LogP contribution in [0.4, 0.5) is 5.82 Å². The quantitative estimate of drug-likeness (QED) is 0.189. The number of aromatic nitrogens is 3. The molecule has 0 aliphatic carbocycles. The number of benzene rings is 2. The van der Waals surface area contributed by atoms with Crippen molar-refractivity contribution < 1.29 is 21.2 Å². The summed E-state index contributed by atoms with van der Waals surface area (Å²) >= 11 is 3.12. The molecule has 5 aromatic rings. The zero-order valence-electron chi connectivity index (χ0n) is 31.6. The van der Waals surface area contributed by atoms with Gasteiger partial charge in [0.15, 0.2) is 5.78 Å². The molecule has 2 N–H and O–H groups in total. The van der Waals surface area contributed by atoms with Crippen molar-refractivity contribution in [2.75, 3.05) is 11.1 Å². The fraction of sp³-hybridized carbons (Fsp3) is 0.167. The zero-order chi connectivity index (χ0) is 36.3. The molecule has 0 bridgehead atoms. The molecular formula is C30H31BrN4O. The number of hydrogen-bond donors (Lipinski definition) is 1. The summed E-state index contributed by atoms with van der Waals surface area (Å²) in [5, 5.41) is 0.399. The van der Waals surface area contributed by atoms with Crippen LogP contribution in [-0.2, 0) is 0 Å². The number of Topliss-reactive ketones (excluding diaryl/α,β-unsaturated/α-hetero) is 1.